The van der Waals surface area contributed by atoms with E-state index < -0.39 is 6.10 Å². The lowest BCUT2D eigenvalue weighted by molar-refractivity contribution is 0.174. The summed E-state index contributed by atoms with van der Waals surface area (Å²) in [5, 5.41) is 26.7. The van der Waals surface area contributed by atoms with Crippen molar-refractivity contribution in [2.45, 2.75) is 94.7 Å². The van der Waals surface area contributed by atoms with Crippen LogP contribution < -0.4 is 5.73 Å². The smallest absolute Gasteiger partial charge is 0.186 e. The molecule has 47 heavy (non-hydrogen) atoms. The Labute approximate surface area is 276 Å². The SMILES string of the molecule is CN=Cc1c(N)sc2c1[C@@]1(CCC2)CCCc2c(-c3nc(-n4cc5c(n4)[C@H](O)CC5)c4cnn([C@@H](C)[C@@H]5CCCN5C)c4n3)noc21. The summed E-state index contributed by atoms with van der Waals surface area (Å²) in [4.78, 5) is 18.5. The van der Waals surface area contributed by atoms with Gasteiger partial charge in [-0.2, -0.15) is 10.2 Å². The molecule has 5 aromatic heterocycles. The number of nitrogens with two attached hydrogens (primary N) is 1. The second-order valence-electron chi connectivity index (χ2n) is 13.9. The Morgan fingerprint density at radius 3 is 2.81 bits per heavy atom. The van der Waals surface area contributed by atoms with Gasteiger partial charge in [0.15, 0.2) is 28.7 Å². The summed E-state index contributed by atoms with van der Waals surface area (Å²) in [5.74, 6) is 2.07. The number of aliphatic hydroxyl groups is 1. The highest BCUT2D eigenvalue weighted by atomic mass is 32.1. The van der Waals surface area contributed by atoms with Crippen molar-refractivity contribution in [3.05, 3.63) is 51.0 Å². The van der Waals surface area contributed by atoms with Crippen molar-refractivity contribution < 1.29 is 9.63 Å². The monoisotopic (exact) mass is 652 g/mol. The van der Waals surface area contributed by atoms with Crippen molar-refractivity contribution in [2.75, 3.05) is 26.4 Å². The first kappa shape index (κ1) is 29.2. The van der Waals surface area contributed by atoms with Gasteiger partial charge in [-0.3, -0.25) is 4.99 Å². The van der Waals surface area contributed by atoms with E-state index in [4.69, 9.17) is 35.6 Å². The molecule has 1 spiro atoms. The van der Waals surface area contributed by atoms with Crippen LogP contribution in [0.5, 0.6) is 0 Å². The van der Waals surface area contributed by atoms with Crippen LogP contribution in [0.2, 0.25) is 0 Å². The molecule has 0 unspecified atom stereocenters. The minimum absolute atomic E-state index is 0.109. The third-order valence-electron chi connectivity index (χ3n) is 11.3. The number of hydrogen-bond donors (Lipinski definition) is 2. The molecule has 244 valence electrons. The fourth-order valence-corrected chi connectivity index (χ4v) is 10.2. The minimum atomic E-state index is -0.559. The molecule has 0 amide bonds. The first-order chi connectivity index (χ1) is 22.9. The van der Waals surface area contributed by atoms with Crippen LogP contribution in [0.25, 0.3) is 28.4 Å². The summed E-state index contributed by atoms with van der Waals surface area (Å²) in [7, 11) is 3.99. The molecule has 0 radical (unpaired) electrons. The van der Waals surface area contributed by atoms with E-state index >= 15 is 0 Å². The Morgan fingerprint density at radius 1 is 1.17 bits per heavy atom. The Bertz CT molecular complexity index is 2050. The topological polar surface area (TPSA) is 149 Å². The molecule has 12 nitrogen and oxygen atoms in total. The normalized spacial score (nSPS) is 24.9. The Morgan fingerprint density at radius 2 is 2.02 bits per heavy atom. The van der Waals surface area contributed by atoms with Gasteiger partial charge in [-0.25, -0.2) is 19.3 Å². The lowest BCUT2D eigenvalue weighted by atomic mass is 9.63. The minimum Gasteiger partial charge on any atom is -0.390 e. The quantitative estimate of drug-likeness (QED) is 0.252. The molecule has 4 atom stereocenters. The number of anilines is 1. The van der Waals surface area contributed by atoms with Crippen LogP contribution in [0.3, 0.4) is 0 Å². The van der Waals surface area contributed by atoms with Gasteiger partial charge >= 0.3 is 0 Å². The largest absolute Gasteiger partial charge is 0.390 e. The van der Waals surface area contributed by atoms with Crippen LogP contribution in [-0.4, -0.2) is 77.6 Å². The number of nitrogens with zero attached hydrogens (tertiary/aromatic N) is 9. The zero-order valence-corrected chi connectivity index (χ0v) is 27.9. The maximum atomic E-state index is 10.6. The summed E-state index contributed by atoms with van der Waals surface area (Å²) in [6.45, 7) is 3.31. The van der Waals surface area contributed by atoms with Crippen LogP contribution >= 0.6 is 11.3 Å². The van der Waals surface area contributed by atoms with E-state index in [2.05, 4.69) is 28.5 Å². The van der Waals surface area contributed by atoms with Crippen LogP contribution in [0.1, 0.15) is 103 Å². The average molecular weight is 653 g/mol. The molecule has 0 bridgehead atoms. The number of likely N-dealkylation sites (tertiary alicyclic amines) is 1. The van der Waals surface area contributed by atoms with Gasteiger partial charge in [0.2, 0.25) is 0 Å². The molecular weight excluding hydrogens is 613 g/mol. The van der Waals surface area contributed by atoms with E-state index in [1.807, 2.05) is 18.6 Å². The second-order valence-corrected chi connectivity index (χ2v) is 15.0. The van der Waals surface area contributed by atoms with E-state index in [1.54, 1.807) is 23.1 Å². The Hall–Kier alpha value is -3.94. The first-order valence-corrected chi connectivity index (χ1v) is 17.7. The zero-order valence-electron chi connectivity index (χ0n) is 27.1. The molecule has 1 saturated heterocycles. The number of fused-ring (bicyclic) bond motifs is 6. The van der Waals surface area contributed by atoms with E-state index in [-0.39, 0.29) is 11.5 Å². The summed E-state index contributed by atoms with van der Waals surface area (Å²) >= 11 is 1.69. The average Bonchev–Trinajstić information content (AvgIpc) is 3.91. The number of likely N-dealkylation sites (N-methyl/N-ethyl adjacent to an activating group) is 1. The van der Waals surface area contributed by atoms with E-state index in [9.17, 15) is 5.11 Å². The van der Waals surface area contributed by atoms with Gasteiger partial charge in [0, 0.05) is 41.5 Å². The Balaban J connectivity index is 1.23. The van der Waals surface area contributed by atoms with Crippen molar-refractivity contribution in [1.29, 1.82) is 0 Å². The van der Waals surface area contributed by atoms with Gasteiger partial charge in [-0.05, 0) is 95.9 Å². The van der Waals surface area contributed by atoms with Crippen molar-refractivity contribution >= 4 is 33.6 Å². The van der Waals surface area contributed by atoms with Crippen LogP contribution in [0, 0.1) is 0 Å². The van der Waals surface area contributed by atoms with Crippen LogP contribution in [-0.2, 0) is 24.7 Å². The number of aromatic nitrogens is 7. The molecule has 5 aromatic rings. The highest BCUT2D eigenvalue weighted by Gasteiger charge is 2.48. The van der Waals surface area contributed by atoms with Crippen molar-refractivity contribution in [3.63, 3.8) is 0 Å². The maximum absolute atomic E-state index is 10.6. The first-order valence-electron chi connectivity index (χ1n) is 16.9. The molecule has 6 heterocycles. The molecule has 13 heteroatoms. The summed E-state index contributed by atoms with van der Waals surface area (Å²) in [6.07, 6.45) is 14.9. The van der Waals surface area contributed by atoms with Gasteiger partial charge in [0.25, 0.3) is 0 Å². The van der Waals surface area contributed by atoms with Gasteiger partial charge in [0.1, 0.15) is 0 Å². The lowest BCUT2D eigenvalue weighted by Crippen LogP contribution is -2.35. The molecule has 3 aliphatic carbocycles. The number of aliphatic imine (C=N–C) groups is 1. The highest BCUT2D eigenvalue weighted by Crippen LogP contribution is 2.55. The molecule has 0 saturated carbocycles. The Kier molecular flexibility index (Phi) is 6.71. The third-order valence-corrected chi connectivity index (χ3v) is 12.3. The standard InChI is InChI=1S/C34H40N10O2S/c1-18(23-8-6-14-42(23)3)44-33-22(16-37-44)32(43-17-19-10-11-24(45)27(19)40-43)38-31(39-33)28-20-7-4-12-34(29(20)46-41-28)13-5-9-25-26(34)21(15-36-2)30(35)47-25/h15-18,23-24,45H,4-14,35H2,1-3H3/t18-,23-,24+,34-/m0/s1. The number of thiophene rings is 1. The van der Waals surface area contributed by atoms with Crippen LogP contribution in [0.15, 0.2) is 21.9 Å². The number of hydrogen-bond acceptors (Lipinski definition) is 11. The number of rotatable bonds is 5. The summed E-state index contributed by atoms with van der Waals surface area (Å²) < 4.78 is 10.3. The third kappa shape index (κ3) is 4.25. The molecule has 0 aromatic carbocycles. The number of nitrogen functional groups attached to an aromatic ring is 1. The molecule has 1 fully saturated rings. The van der Waals surface area contributed by atoms with Gasteiger partial charge < -0.3 is 20.3 Å². The molecule has 4 aliphatic rings. The lowest BCUT2D eigenvalue weighted by Gasteiger charge is -2.39. The predicted octanol–water partition coefficient (Wildman–Crippen LogP) is 4.95. The van der Waals surface area contributed by atoms with E-state index in [1.165, 1.54) is 16.9 Å². The fraction of sp³-hybridized carbons (Fsp3) is 0.529. The van der Waals surface area contributed by atoms with Gasteiger partial charge in [0.05, 0.1) is 39.8 Å². The second kappa shape index (κ2) is 10.8. The summed E-state index contributed by atoms with van der Waals surface area (Å²) in [5.41, 5.74) is 12.9. The molecular formula is C34H40N10O2S. The van der Waals surface area contributed by atoms with E-state index in [0.717, 1.165) is 102 Å². The van der Waals surface area contributed by atoms with Crippen molar-refractivity contribution in [1.82, 2.24) is 39.6 Å². The fourth-order valence-electron chi connectivity index (χ4n) is 9.03. The van der Waals surface area contributed by atoms with Gasteiger partial charge in [-0.15, -0.1) is 11.3 Å². The zero-order chi connectivity index (χ0) is 32.0. The van der Waals surface area contributed by atoms with Crippen molar-refractivity contribution in [3.8, 4) is 17.3 Å². The van der Waals surface area contributed by atoms with Gasteiger partial charge in [-0.1, -0.05) is 5.16 Å². The molecule has 1 aliphatic heterocycles. The predicted molar refractivity (Wildman–Crippen MR) is 180 cm³/mol. The number of aliphatic hydroxyl groups excluding tert-OH is 1. The van der Waals surface area contributed by atoms with Crippen LogP contribution in [0.4, 0.5) is 5.00 Å². The molecule has 3 N–H and O–H groups in total. The maximum Gasteiger partial charge on any atom is 0.186 e. The summed E-state index contributed by atoms with van der Waals surface area (Å²) in [6, 6.07) is 0.473. The number of aryl methyl sites for hydroxylation is 2. The van der Waals surface area contributed by atoms with Crippen molar-refractivity contribution in [2.24, 2.45) is 4.99 Å². The van der Waals surface area contributed by atoms with E-state index in [0.29, 0.717) is 29.8 Å². The molecule has 9 rings (SSSR count). The highest BCUT2D eigenvalue weighted by molar-refractivity contribution is 7.16.